The van der Waals surface area contributed by atoms with Gasteiger partial charge in [-0.3, -0.25) is 0 Å². The van der Waals surface area contributed by atoms with Crippen LogP contribution in [0.25, 0.3) is 0 Å². The van der Waals surface area contributed by atoms with Gasteiger partial charge in [0.25, 0.3) is 0 Å². The molecule has 0 spiro atoms. The van der Waals surface area contributed by atoms with Crippen LogP contribution in [0.3, 0.4) is 0 Å². The predicted octanol–water partition coefficient (Wildman–Crippen LogP) is 2.85. The number of rotatable bonds is 6. The van der Waals surface area contributed by atoms with Crippen LogP contribution < -0.4 is 5.32 Å². The molecule has 0 atom stereocenters. The Labute approximate surface area is 122 Å². The van der Waals surface area contributed by atoms with Crippen LogP contribution in [0.1, 0.15) is 27.2 Å². The molecule has 0 fully saturated rings. The van der Waals surface area contributed by atoms with E-state index in [1.54, 1.807) is 12.1 Å². The van der Waals surface area contributed by atoms with Crippen LogP contribution in [0, 0.1) is 12.7 Å². The fraction of sp³-hybridized carbons (Fsp3) is 0.312. The molecule has 0 bridgehead atoms. The van der Waals surface area contributed by atoms with Crippen LogP contribution in [0.2, 0.25) is 0 Å². The maximum absolute atomic E-state index is 13.0. The van der Waals surface area contributed by atoms with Gasteiger partial charge in [0.15, 0.2) is 0 Å². The van der Waals surface area contributed by atoms with E-state index in [9.17, 15) is 9.18 Å². The van der Waals surface area contributed by atoms with Gasteiger partial charge in [0.05, 0.1) is 13.4 Å². The number of carbonyl (C=O) groups is 1. The van der Waals surface area contributed by atoms with Crippen LogP contribution in [-0.2, 0) is 17.7 Å². The van der Waals surface area contributed by atoms with Gasteiger partial charge in [-0.1, -0.05) is 6.07 Å². The maximum atomic E-state index is 13.0. The highest BCUT2D eigenvalue weighted by molar-refractivity contribution is 5.87. The summed E-state index contributed by atoms with van der Waals surface area (Å²) in [6, 6.07) is 6.53. The number of aryl methyl sites for hydroxylation is 1. The van der Waals surface area contributed by atoms with Crippen LogP contribution >= 0.6 is 0 Å². The highest BCUT2D eigenvalue weighted by atomic mass is 19.1. The maximum Gasteiger partial charge on any atom is 0.374 e. The first-order valence-corrected chi connectivity index (χ1v) is 6.72. The molecule has 2 rings (SSSR count). The summed E-state index contributed by atoms with van der Waals surface area (Å²) in [6.45, 7) is 3.13. The van der Waals surface area contributed by atoms with Crippen LogP contribution in [-0.4, -0.2) is 19.6 Å². The second-order valence-corrected chi connectivity index (χ2v) is 4.76. The Hall–Kier alpha value is -2.14. The zero-order valence-corrected chi connectivity index (χ0v) is 12.1. The largest absolute Gasteiger partial charge is 0.463 e. The quantitative estimate of drug-likeness (QED) is 0.657. The molecular formula is C16H18FNO3. The third kappa shape index (κ3) is 3.92. The van der Waals surface area contributed by atoms with Crippen molar-refractivity contribution in [2.24, 2.45) is 0 Å². The molecule has 1 aromatic carbocycles. The van der Waals surface area contributed by atoms with E-state index in [0.29, 0.717) is 6.54 Å². The second-order valence-electron chi connectivity index (χ2n) is 4.76. The Balaban J connectivity index is 1.85. The van der Waals surface area contributed by atoms with Gasteiger partial charge in [-0.15, -0.1) is 0 Å². The van der Waals surface area contributed by atoms with Crippen molar-refractivity contribution in [2.75, 3.05) is 13.7 Å². The van der Waals surface area contributed by atoms with Gasteiger partial charge in [-0.2, -0.15) is 0 Å². The van der Waals surface area contributed by atoms with Crippen molar-refractivity contribution in [1.29, 1.82) is 0 Å². The number of hydrogen-bond acceptors (Lipinski definition) is 4. The van der Waals surface area contributed by atoms with Gasteiger partial charge in [0.2, 0.25) is 5.76 Å². The van der Waals surface area contributed by atoms with Crippen molar-refractivity contribution in [3.63, 3.8) is 0 Å². The van der Waals surface area contributed by atoms with E-state index < -0.39 is 5.97 Å². The number of esters is 1. The van der Waals surface area contributed by atoms with Gasteiger partial charge in [0.1, 0.15) is 5.82 Å². The molecule has 0 aliphatic carbocycles. The predicted molar refractivity (Wildman–Crippen MR) is 76.6 cm³/mol. The van der Waals surface area contributed by atoms with Gasteiger partial charge in [0, 0.05) is 12.1 Å². The van der Waals surface area contributed by atoms with Crippen molar-refractivity contribution in [2.45, 2.75) is 19.9 Å². The van der Waals surface area contributed by atoms with E-state index in [-0.39, 0.29) is 11.6 Å². The topological polar surface area (TPSA) is 51.5 Å². The van der Waals surface area contributed by atoms with E-state index in [4.69, 9.17) is 4.42 Å². The molecule has 2 aromatic rings. The summed E-state index contributed by atoms with van der Waals surface area (Å²) in [5.74, 6) is -0.473. The summed E-state index contributed by atoms with van der Waals surface area (Å²) >= 11 is 0. The number of ether oxygens (including phenoxy) is 1. The molecule has 112 valence electrons. The first kappa shape index (κ1) is 15.3. The second kappa shape index (κ2) is 7.04. The lowest BCUT2D eigenvalue weighted by Crippen LogP contribution is -2.18. The minimum absolute atomic E-state index is 0.217. The summed E-state index contributed by atoms with van der Waals surface area (Å²) < 4.78 is 22.8. The molecule has 5 heteroatoms. The fourth-order valence-corrected chi connectivity index (χ4v) is 2.13. The zero-order chi connectivity index (χ0) is 15.2. The molecule has 1 aromatic heterocycles. The first-order chi connectivity index (χ1) is 10.1. The Morgan fingerprint density at radius 1 is 1.33 bits per heavy atom. The number of methoxy groups -OCH3 is 1. The molecule has 0 amide bonds. The molecule has 1 N–H and O–H groups in total. The highest BCUT2D eigenvalue weighted by Crippen LogP contribution is 2.12. The van der Waals surface area contributed by atoms with Crippen molar-refractivity contribution in [3.8, 4) is 0 Å². The lowest BCUT2D eigenvalue weighted by molar-refractivity contribution is 0.0563. The SMILES string of the molecule is COC(=O)c1occc1CNCCc1ccc(F)cc1C. The highest BCUT2D eigenvalue weighted by Gasteiger charge is 2.15. The molecule has 0 saturated heterocycles. The van der Waals surface area contributed by atoms with E-state index >= 15 is 0 Å². The summed E-state index contributed by atoms with van der Waals surface area (Å²) in [5, 5.41) is 3.24. The molecule has 0 radical (unpaired) electrons. The number of carbonyl (C=O) groups excluding carboxylic acids is 1. The Bertz CT molecular complexity index is 622. The van der Waals surface area contributed by atoms with Gasteiger partial charge < -0.3 is 14.5 Å². The number of furan rings is 1. The minimum atomic E-state index is -0.480. The van der Waals surface area contributed by atoms with E-state index in [2.05, 4.69) is 10.1 Å². The van der Waals surface area contributed by atoms with Crippen molar-refractivity contribution < 1.29 is 18.3 Å². The van der Waals surface area contributed by atoms with Crippen LogP contribution in [0.5, 0.6) is 0 Å². The van der Waals surface area contributed by atoms with Crippen LogP contribution in [0.15, 0.2) is 34.9 Å². The van der Waals surface area contributed by atoms with Crippen molar-refractivity contribution in [1.82, 2.24) is 5.32 Å². The minimum Gasteiger partial charge on any atom is -0.463 e. The lowest BCUT2D eigenvalue weighted by Gasteiger charge is -2.07. The molecule has 21 heavy (non-hydrogen) atoms. The molecule has 0 aliphatic heterocycles. The number of benzene rings is 1. The van der Waals surface area contributed by atoms with Crippen LogP contribution in [0.4, 0.5) is 4.39 Å². The normalized spacial score (nSPS) is 10.6. The van der Waals surface area contributed by atoms with Gasteiger partial charge in [-0.05, 0) is 49.2 Å². The fourth-order valence-electron chi connectivity index (χ4n) is 2.13. The molecule has 0 aliphatic rings. The summed E-state index contributed by atoms with van der Waals surface area (Å²) in [4.78, 5) is 11.4. The monoisotopic (exact) mass is 291 g/mol. The number of hydrogen-bond donors (Lipinski definition) is 1. The van der Waals surface area contributed by atoms with E-state index in [1.165, 1.54) is 25.5 Å². The third-order valence-electron chi connectivity index (χ3n) is 3.31. The molecule has 0 unspecified atom stereocenters. The van der Waals surface area contributed by atoms with Crippen molar-refractivity contribution >= 4 is 5.97 Å². The number of nitrogens with one attached hydrogen (secondary N) is 1. The van der Waals surface area contributed by atoms with Gasteiger partial charge >= 0.3 is 5.97 Å². The third-order valence-corrected chi connectivity index (χ3v) is 3.31. The zero-order valence-electron chi connectivity index (χ0n) is 12.1. The molecular weight excluding hydrogens is 273 g/mol. The first-order valence-electron chi connectivity index (χ1n) is 6.72. The summed E-state index contributed by atoms with van der Waals surface area (Å²) in [6.07, 6.45) is 2.25. The molecule has 1 heterocycles. The van der Waals surface area contributed by atoms with E-state index in [0.717, 1.165) is 29.7 Å². The van der Waals surface area contributed by atoms with Gasteiger partial charge in [-0.25, -0.2) is 9.18 Å². The van der Waals surface area contributed by atoms with Crippen molar-refractivity contribution in [3.05, 3.63) is 58.8 Å². The average Bonchev–Trinajstić information content (AvgIpc) is 2.93. The Kier molecular flexibility index (Phi) is 5.11. The summed E-state index contributed by atoms with van der Waals surface area (Å²) in [5.41, 5.74) is 2.80. The Morgan fingerprint density at radius 2 is 2.14 bits per heavy atom. The average molecular weight is 291 g/mol. The standard InChI is InChI=1S/C16H18FNO3/c1-11-9-14(17)4-3-12(11)5-7-18-10-13-6-8-21-15(13)16(19)20-2/h3-4,6,8-9,18H,5,7,10H2,1-2H3. The number of halogens is 1. The smallest absolute Gasteiger partial charge is 0.374 e. The molecule has 4 nitrogen and oxygen atoms in total. The van der Waals surface area contributed by atoms with E-state index in [1.807, 2.05) is 6.92 Å². The molecule has 0 saturated carbocycles. The Morgan fingerprint density at radius 3 is 2.86 bits per heavy atom. The summed E-state index contributed by atoms with van der Waals surface area (Å²) in [7, 11) is 1.32. The lowest BCUT2D eigenvalue weighted by atomic mass is 10.1.